The maximum absolute atomic E-state index is 5.84. The summed E-state index contributed by atoms with van der Waals surface area (Å²) in [5.41, 5.74) is 0. The number of thiol groups is 1. The lowest BCUT2D eigenvalue weighted by Crippen LogP contribution is -1.83. The highest BCUT2D eigenvalue weighted by Crippen LogP contribution is 2.24. The van der Waals surface area contributed by atoms with Crippen LogP contribution in [0.3, 0.4) is 0 Å². The number of ether oxygens (including phenoxy) is 1. The van der Waals surface area contributed by atoms with Gasteiger partial charge in [-0.1, -0.05) is 17.7 Å². The average Bonchev–Trinajstić information content (AvgIpc) is 2.22. The fourth-order valence-corrected chi connectivity index (χ4v) is 1.51. The molecule has 1 nitrogen and oxygen atoms in total. The van der Waals surface area contributed by atoms with Crippen molar-refractivity contribution in [2.45, 2.75) is 4.90 Å². The molecule has 2 rings (SSSR count). The van der Waals surface area contributed by atoms with Gasteiger partial charge in [-0.2, -0.15) is 0 Å². The Morgan fingerprint density at radius 2 is 1.67 bits per heavy atom. The normalized spacial score (nSPS) is 10.0. The first kappa shape index (κ1) is 10.4. The Morgan fingerprint density at radius 3 is 2.33 bits per heavy atom. The highest BCUT2D eigenvalue weighted by molar-refractivity contribution is 7.80. The first-order valence-electron chi connectivity index (χ1n) is 4.46. The lowest BCUT2D eigenvalue weighted by molar-refractivity contribution is 0.482. The summed E-state index contributed by atoms with van der Waals surface area (Å²) >= 11 is 10.0. The Morgan fingerprint density at radius 1 is 0.933 bits per heavy atom. The van der Waals surface area contributed by atoms with Crippen LogP contribution in [0.1, 0.15) is 0 Å². The lowest BCUT2D eigenvalue weighted by atomic mass is 10.3. The molecule has 2 aromatic carbocycles. The molecule has 0 amide bonds. The third-order valence-electron chi connectivity index (χ3n) is 1.87. The molecule has 0 saturated carbocycles. The summed E-state index contributed by atoms with van der Waals surface area (Å²) in [5, 5.41) is 0.665. The second-order valence-electron chi connectivity index (χ2n) is 3.05. The zero-order valence-corrected chi connectivity index (χ0v) is 9.50. The third-order valence-corrected chi connectivity index (χ3v) is 2.40. The molecule has 0 N–H and O–H groups in total. The molecule has 0 unspecified atom stereocenters. The largest absolute Gasteiger partial charge is 0.457 e. The Labute approximate surface area is 99.1 Å². The van der Waals surface area contributed by atoms with Crippen molar-refractivity contribution < 1.29 is 4.74 Å². The number of halogens is 1. The molecule has 0 atom stereocenters. The Kier molecular flexibility index (Phi) is 3.19. The minimum Gasteiger partial charge on any atom is -0.457 e. The molecule has 3 heteroatoms. The number of benzene rings is 2. The molecule has 0 aliphatic rings. The summed E-state index contributed by atoms with van der Waals surface area (Å²) < 4.78 is 5.60. The molecule has 0 bridgehead atoms. The predicted octanol–water partition coefficient (Wildman–Crippen LogP) is 4.42. The fourth-order valence-electron chi connectivity index (χ4n) is 1.18. The summed E-state index contributed by atoms with van der Waals surface area (Å²) in [4.78, 5) is 0.911. The molecule has 15 heavy (non-hydrogen) atoms. The smallest absolute Gasteiger partial charge is 0.128 e. The highest BCUT2D eigenvalue weighted by atomic mass is 35.5. The van der Waals surface area contributed by atoms with Crippen molar-refractivity contribution in [1.29, 1.82) is 0 Å². The molecule has 0 aromatic heterocycles. The SMILES string of the molecule is Sc1ccc(Oc2cccc(Cl)c2)cc1. The zero-order chi connectivity index (χ0) is 10.7. The second kappa shape index (κ2) is 4.60. The van der Waals surface area contributed by atoms with Crippen LogP contribution in [0, 0.1) is 0 Å². The van der Waals surface area contributed by atoms with Gasteiger partial charge in [-0.3, -0.25) is 0 Å². The molecule has 0 saturated heterocycles. The van der Waals surface area contributed by atoms with Gasteiger partial charge in [0.25, 0.3) is 0 Å². The van der Waals surface area contributed by atoms with Crippen molar-refractivity contribution in [2.24, 2.45) is 0 Å². The Bertz CT molecular complexity index is 453. The van der Waals surface area contributed by atoms with Crippen LogP contribution in [0.15, 0.2) is 53.4 Å². The van der Waals surface area contributed by atoms with Crippen molar-refractivity contribution in [3.05, 3.63) is 53.6 Å². The number of rotatable bonds is 2. The van der Waals surface area contributed by atoms with Crippen molar-refractivity contribution in [1.82, 2.24) is 0 Å². The summed E-state index contributed by atoms with van der Waals surface area (Å²) in [7, 11) is 0. The van der Waals surface area contributed by atoms with Crippen LogP contribution < -0.4 is 4.74 Å². The van der Waals surface area contributed by atoms with Gasteiger partial charge in [-0.25, -0.2) is 0 Å². The molecule has 0 fully saturated rings. The fraction of sp³-hybridized carbons (Fsp3) is 0. The molecule has 0 radical (unpaired) electrons. The van der Waals surface area contributed by atoms with Crippen LogP contribution in [0.25, 0.3) is 0 Å². The predicted molar refractivity (Wildman–Crippen MR) is 65.2 cm³/mol. The molecule has 76 valence electrons. The van der Waals surface area contributed by atoms with Crippen molar-refractivity contribution in [3.63, 3.8) is 0 Å². The van der Waals surface area contributed by atoms with Crippen LogP contribution in [0.2, 0.25) is 5.02 Å². The van der Waals surface area contributed by atoms with Crippen molar-refractivity contribution >= 4 is 24.2 Å². The van der Waals surface area contributed by atoms with E-state index in [1.807, 2.05) is 42.5 Å². The minimum atomic E-state index is 0.665. The van der Waals surface area contributed by atoms with Gasteiger partial charge in [-0.15, -0.1) is 12.6 Å². The van der Waals surface area contributed by atoms with Gasteiger partial charge in [0.05, 0.1) is 0 Å². The Hall–Kier alpha value is -1.12. The van der Waals surface area contributed by atoms with Crippen LogP contribution in [-0.2, 0) is 0 Å². The molecule has 0 heterocycles. The Balaban J connectivity index is 2.18. The van der Waals surface area contributed by atoms with E-state index in [2.05, 4.69) is 12.6 Å². The van der Waals surface area contributed by atoms with E-state index < -0.39 is 0 Å². The van der Waals surface area contributed by atoms with Crippen LogP contribution in [0.5, 0.6) is 11.5 Å². The minimum absolute atomic E-state index is 0.665. The third kappa shape index (κ3) is 2.91. The van der Waals surface area contributed by atoms with Gasteiger partial charge < -0.3 is 4.74 Å². The van der Waals surface area contributed by atoms with Crippen LogP contribution >= 0.6 is 24.2 Å². The monoisotopic (exact) mass is 236 g/mol. The van der Waals surface area contributed by atoms with E-state index in [0.29, 0.717) is 5.02 Å². The molecule has 0 aliphatic heterocycles. The quantitative estimate of drug-likeness (QED) is 0.760. The molecular formula is C12H9ClOS. The number of hydrogen-bond acceptors (Lipinski definition) is 2. The summed E-state index contributed by atoms with van der Waals surface area (Å²) in [5.74, 6) is 1.50. The summed E-state index contributed by atoms with van der Waals surface area (Å²) in [6.07, 6.45) is 0. The number of hydrogen-bond donors (Lipinski definition) is 1. The first-order chi connectivity index (χ1) is 7.24. The van der Waals surface area contributed by atoms with Gasteiger partial charge in [0.1, 0.15) is 11.5 Å². The van der Waals surface area contributed by atoms with Gasteiger partial charge in [0, 0.05) is 9.92 Å². The molecule has 2 aromatic rings. The summed E-state index contributed by atoms with van der Waals surface area (Å²) in [6.45, 7) is 0. The van der Waals surface area contributed by atoms with Gasteiger partial charge in [-0.05, 0) is 42.5 Å². The first-order valence-corrected chi connectivity index (χ1v) is 5.29. The van der Waals surface area contributed by atoms with E-state index in [1.165, 1.54) is 0 Å². The van der Waals surface area contributed by atoms with E-state index in [-0.39, 0.29) is 0 Å². The van der Waals surface area contributed by atoms with Crippen molar-refractivity contribution in [3.8, 4) is 11.5 Å². The van der Waals surface area contributed by atoms with Crippen molar-refractivity contribution in [2.75, 3.05) is 0 Å². The van der Waals surface area contributed by atoms with E-state index >= 15 is 0 Å². The second-order valence-corrected chi connectivity index (χ2v) is 4.01. The van der Waals surface area contributed by atoms with Gasteiger partial charge >= 0.3 is 0 Å². The van der Waals surface area contributed by atoms with Crippen LogP contribution in [0.4, 0.5) is 0 Å². The lowest BCUT2D eigenvalue weighted by Gasteiger charge is -2.05. The summed E-state index contributed by atoms with van der Waals surface area (Å²) in [6, 6.07) is 14.8. The average molecular weight is 237 g/mol. The topological polar surface area (TPSA) is 9.23 Å². The van der Waals surface area contributed by atoms with E-state index in [9.17, 15) is 0 Å². The molecule has 0 aliphatic carbocycles. The van der Waals surface area contributed by atoms with E-state index in [4.69, 9.17) is 16.3 Å². The van der Waals surface area contributed by atoms with Gasteiger partial charge in [0.2, 0.25) is 0 Å². The van der Waals surface area contributed by atoms with Crippen LogP contribution in [-0.4, -0.2) is 0 Å². The van der Waals surface area contributed by atoms with Gasteiger partial charge in [0.15, 0.2) is 0 Å². The zero-order valence-electron chi connectivity index (χ0n) is 7.85. The maximum atomic E-state index is 5.84. The van der Waals surface area contributed by atoms with E-state index in [1.54, 1.807) is 6.07 Å². The molecular weight excluding hydrogens is 228 g/mol. The van der Waals surface area contributed by atoms with E-state index in [0.717, 1.165) is 16.4 Å². The molecule has 0 spiro atoms. The standard InChI is InChI=1S/C12H9ClOS/c13-9-2-1-3-11(8-9)14-10-4-6-12(15)7-5-10/h1-8,15H. The maximum Gasteiger partial charge on any atom is 0.128 e. The highest BCUT2D eigenvalue weighted by Gasteiger charge is 1.97.